The second-order valence-corrected chi connectivity index (χ2v) is 5.76. The fourth-order valence-corrected chi connectivity index (χ4v) is 2.23. The highest BCUT2D eigenvalue weighted by Crippen LogP contribution is 2.15. The number of hydrogen-bond acceptors (Lipinski definition) is 4. The van der Waals surface area contributed by atoms with Crippen LogP contribution in [0.15, 0.2) is 48.5 Å². The molecule has 0 saturated carbocycles. The molecule has 6 nitrogen and oxygen atoms in total. The van der Waals surface area contributed by atoms with Gasteiger partial charge >= 0.3 is 0 Å². The molecule has 2 aromatic rings. The number of carbonyl (C=O) groups is 2. The van der Waals surface area contributed by atoms with Gasteiger partial charge in [0.15, 0.2) is 6.61 Å². The van der Waals surface area contributed by atoms with Crippen molar-refractivity contribution < 1.29 is 19.1 Å². The predicted octanol–water partition coefficient (Wildman–Crippen LogP) is 2.48. The van der Waals surface area contributed by atoms with E-state index < -0.39 is 0 Å². The third-order valence-electron chi connectivity index (χ3n) is 3.92. The van der Waals surface area contributed by atoms with Gasteiger partial charge in [0.05, 0.1) is 7.11 Å². The summed E-state index contributed by atoms with van der Waals surface area (Å²) in [6, 6.07) is 14.3. The van der Waals surface area contributed by atoms with Gasteiger partial charge in [-0.15, -0.1) is 0 Å². The highest BCUT2D eigenvalue weighted by atomic mass is 16.5. The van der Waals surface area contributed by atoms with E-state index >= 15 is 0 Å². The molecule has 2 amide bonds. The van der Waals surface area contributed by atoms with Crippen LogP contribution in [-0.2, 0) is 11.3 Å². The Balaban J connectivity index is 1.84. The van der Waals surface area contributed by atoms with Crippen LogP contribution in [0.5, 0.6) is 11.5 Å². The van der Waals surface area contributed by atoms with Crippen molar-refractivity contribution in [3.05, 3.63) is 59.7 Å². The molecular formula is C20H24N2O4. The van der Waals surface area contributed by atoms with E-state index in [1.807, 2.05) is 31.2 Å². The van der Waals surface area contributed by atoms with Crippen LogP contribution in [0.1, 0.15) is 22.8 Å². The Labute approximate surface area is 153 Å². The SMILES string of the molecule is CCN(C)C(=O)c1cccc(OCC(=O)NCc2ccc(OC)cc2)c1. The molecule has 138 valence electrons. The van der Waals surface area contributed by atoms with Gasteiger partial charge in [0.25, 0.3) is 11.8 Å². The van der Waals surface area contributed by atoms with Crippen LogP contribution in [0.3, 0.4) is 0 Å². The van der Waals surface area contributed by atoms with Crippen LogP contribution in [0, 0.1) is 0 Å². The smallest absolute Gasteiger partial charge is 0.258 e. The van der Waals surface area contributed by atoms with E-state index in [4.69, 9.17) is 9.47 Å². The second-order valence-electron chi connectivity index (χ2n) is 5.76. The molecule has 6 heteroatoms. The zero-order valence-corrected chi connectivity index (χ0v) is 15.3. The fraction of sp³-hybridized carbons (Fsp3) is 0.300. The lowest BCUT2D eigenvalue weighted by Crippen LogP contribution is -2.28. The minimum Gasteiger partial charge on any atom is -0.497 e. The van der Waals surface area contributed by atoms with Gasteiger partial charge in [-0.3, -0.25) is 9.59 Å². The number of methoxy groups -OCH3 is 1. The highest BCUT2D eigenvalue weighted by Gasteiger charge is 2.11. The summed E-state index contributed by atoms with van der Waals surface area (Å²) >= 11 is 0. The first-order valence-corrected chi connectivity index (χ1v) is 8.41. The monoisotopic (exact) mass is 356 g/mol. The molecule has 1 N–H and O–H groups in total. The fourth-order valence-electron chi connectivity index (χ4n) is 2.23. The number of nitrogens with zero attached hydrogens (tertiary/aromatic N) is 1. The van der Waals surface area contributed by atoms with Crippen LogP contribution >= 0.6 is 0 Å². The highest BCUT2D eigenvalue weighted by molar-refractivity contribution is 5.94. The van der Waals surface area contributed by atoms with E-state index in [0.29, 0.717) is 24.4 Å². The molecule has 0 radical (unpaired) electrons. The Kier molecular flexibility index (Phi) is 7.02. The van der Waals surface area contributed by atoms with E-state index in [-0.39, 0.29) is 18.4 Å². The Morgan fingerprint density at radius 1 is 1.08 bits per heavy atom. The third-order valence-corrected chi connectivity index (χ3v) is 3.92. The molecule has 2 aromatic carbocycles. The number of hydrogen-bond donors (Lipinski definition) is 1. The molecule has 0 spiro atoms. The van der Waals surface area contributed by atoms with Gasteiger partial charge in [0.1, 0.15) is 11.5 Å². The lowest BCUT2D eigenvalue weighted by Gasteiger charge is -2.15. The van der Waals surface area contributed by atoms with Gasteiger partial charge in [-0.25, -0.2) is 0 Å². The number of nitrogens with one attached hydrogen (secondary N) is 1. The van der Waals surface area contributed by atoms with E-state index in [9.17, 15) is 9.59 Å². The predicted molar refractivity (Wildman–Crippen MR) is 99.4 cm³/mol. The van der Waals surface area contributed by atoms with E-state index in [1.54, 1.807) is 43.3 Å². The molecule has 26 heavy (non-hydrogen) atoms. The third kappa shape index (κ3) is 5.51. The zero-order valence-electron chi connectivity index (χ0n) is 15.3. The maximum Gasteiger partial charge on any atom is 0.258 e. The lowest BCUT2D eigenvalue weighted by molar-refractivity contribution is -0.123. The van der Waals surface area contributed by atoms with Gasteiger partial charge < -0.3 is 19.7 Å². The largest absolute Gasteiger partial charge is 0.497 e. The van der Waals surface area contributed by atoms with Crippen molar-refractivity contribution in [3.8, 4) is 11.5 Å². The summed E-state index contributed by atoms with van der Waals surface area (Å²) in [4.78, 5) is 25.7. The molecule has 0 unspecified atom stereocenters. The molecule has 0 aliphatic heterocycles. The second kappa shape index (κ2) is 9.46. The topological polar surface area (TPSA) is 67.9 Å². The van der Waals surface area contributed by atoms with Crippen LogP contribution < -0.4 is 14.8 Å². The van der Waals surface area contributed by atoms with Crippen molar-refractivity contribution in [2.45, 2.75) is 13.5 Å². The maximum atomic E-state index is 12.2. The first-order valence-electron chi connectivity index (χ1n) is 8.41. The van der Waals surface area contributed by atoms with Crippen molar-refractivity contribution in [2.75, 3.05) is 27.3 Å². The summed E-state index contributed by atoms with van der Waals surface area (Å²) in [5.41, 5.74) is 1.50. The van der Waals surface area contributed by atoms with Crippen LogP contribution in [0.4, 0.5) is 0 Å². The summed E-state index contributed by atoms with van der Waals surface area (Å²) < 4.78 is 10.6. The molecule has 2 rings (SSSR count). The molecule has 0 heterocycles. The van der Waals surface area contributed by atoms with Crippen LogP contribution in [-0.4, -0.2) is 44.0 Å². The van der Waals surface area contributed by atoms with Crippen molar-refractivity contribution in [1.29, 1.82) is 0 Å². The molecule has 0 aliphatic rings. The molecule has 0 atom stereocenters. The number of carbonyl (C=O) groups excluding carboxylic acids is 2. The molecular weight excluding hydrogens is 332 g/mol. The van der Waals surface area contributed by atoms with Crippen molar-refractivity contribution in [3.63, 3.8) is 0 Å². The van der Waals surface area contributed by atoms with Gasteiger partial charge in [-0.1, -0.05) is 18.2 Å². The first-order chi connectivity index (χ1) is 12.5. The van der Waals surface area contributed by atoms with Crippen LogP contribution in [0.25, 0.3) is 0 Å². The number of benzene rings is 2. The number of ether oxygens (including phenoxy) is 2. The van der Waals surface area contributed by atoms with Crippen molar-refractivity contribution in [1.82, 2.24) is 10.2 Å². The summed E-state index contributed by atoms with van der Waals surface area (Å²) in [6.07, 6.45) is 0. The summed E-state index contributed by atoms with van der Waals surface area (Å²) in [5, 5.41) is 2.79. The molecule has 0 fully saturated rings. The van der Waals surface area contributed by atoms with Gasteiger partial charge in [-0.05, 0) is 42.8 Å². The Hall–Kier alpha value is -3.02. The summed E-state index contributed by atoms with van der Waals surface area (Å²) in [7, 11) is 3.35. The van der Waals surface area contributed by atoms with Crippen molar-refractivity contribution in [2.24, 2.45) is 0 Å². The molecule has 0 saturated heterocycles. The van der Waals surface area contributed by atoms with E-state index in [2.05, 4.69) is 5.32 Å². The first kappa shape index (κ1) is 19.3. The Bertz CT molecular complexity index is 744. The number of rotatable bonds is 8. The van der Waals surface area contributed by atoms with Gasteiger partial charge in [0, 0.05) is 25.7 Å². The quantitative estimate of drug-likeness (QED) is 0.789. The average Bonchev–Trinajstić information content (AvgIpc) is 2.70. The lowest BCUT2D eigenvalue weighted by atomic mass is 10.2. The minimum atomic E-state index is -0.233. The summed E-state index contributed by atoms with van der Waals surface area (Å²) in [6.45, 7) is 2.83. The average molecular weight is 356 g/mol. The number of amides is 2. The van der Waals surface area contributed by atoms with Crippen LogP contribution in [0.2, 0.25) is 0 Å². The zero-order chi connectivity index (χ0) is 18.9. The molecule has 0 bridgehead atoms. The molecule has 0 aliphatic carbocycles. The van der Waals surface area contributed by atoms with E-state index in [1.165, 1.54) is 0 Å². The Morgan fingerprint density at radius 2 is 1.81 bits per heavy atom. The minimum absolute atomic E-state index is 0.0816. The molecule has 0 aromatic heterocycles. The Morgan fingerprint density at radius 3 is 2.46 bits per heavy atom. The summed E-state index contributed by atoms with van der Waals surface area (Å²) in [5.74, 6) is 0.941. The van der Waals surface area contributed by atoms with Gasteiger partial charge in [0.2, 0.25) is 0 Å². The van der Waals surface area contributed by atoms with Crippen molar-refractivity contribution >= 4 is 11.8 Å². The van der Waals surface area contributed by atoms with Gasteiger partial charge in [-0.2, -0.15) is 0 Å². The normalized spacial score (nSPS) is 10.1. The van der Waals surface area contributed by atoms with E-state index in [0.717, 1.165) is 11.3 Å². The maximum absolute atomic E-state index is 12.2. The standard InChI is InChI=1S/C20H24N2O4/c1-4-22(2)20(24)16-6-5-7-18(12-16)26-14-19(23)21-13-15-8-10-17(25-3)11-9-15/h5-12H,4,13-14H2,1-3H3,(H,21,23).